The molecule has 3 heterocycles. The van der Waals surface area contributed by atoms with E-state index in [4.69, 9.17) is 9.47 Å². The second-order valence-electron chi connectivity index (χ2n) is 15.8. The number of nitrogens with zero attached hydrogens (tertiary/aromatic N) is 2. The zero-order valence-electron chi connectivity index (χ0n) is 29.6. The fourth-order valence-corrected chi connectivity index (χ4v) is 9.13. The minimum atomic E-state index is -3.88. The number of sulfonamides is 1. The summed E-state index contributed by atoms with van der Waals surface area (Å²) < 4.78 is 39.8. The molecule has 1 aromatic heterocycles. The molecule has 4 amide bonds. The topological polar surface area (TPSA) is 173 Å². The summed E-state index contributed by atoms with van der Waals surface area (Å²) in [5, 5.41) is 6.73. The van der Waals surface area contributed by atoms with E-state index in [2.05, 4.69) is 26.9 Å². The second-order valence-corrected chi connectivity index (χ2v) is 17.7. The van der Waals surface area contributed by atoms with Crippen LogP contribution in [-0.4, -0.2) is 84.2 Å². The normalized spacial score (nSPS) is 30.0. The summed E-state index contributed by atoms with van der Waals surface area (Å²) in [6.45, 7) is 7.92. The largest absolute Gasteiger partial charge is 0.472 e. The van der Waals surface area contributed by atoms with Gasteiger partial charge in [0.1, 0.15) is 23.7 Å². The number of pyridine rings is 1. The maximum atomic E-state index is 14.6. The maximum absolute atomic E-state index is 14.6. The molecule has 14 heteroatoms. The number of amides is 4. The third kappa shape index (κ3) is 7.39. The fourth-order valence-electron chi connectivity index (χ4n) is 7.76. The number of cyclic esters (lactones) is 1. The standard InChI is InChI=1S/C38H47N5O8S/c1-4-26-20-38(26,35(46)42-52(48,49)28-13-14-28)41-32(44)30-19-27-21-43(30)34(45)31(25-9-5-6-10-25)40-36(47)50-22-37(2,3)16-7-8-23-11-12-24-15-17-39-33(51-27)29(24)18-23/h4,7-8,11-12,15,17-18,25-28,30-31H,1,5-6,9-10,13-14,16,19-22H2,2-3H3,(H,40,47)(H,41,44)(H,42,46)/b8-7+/t26-,27-,30+,31+,38-/m1/s1. The van der Waals surface area contributed by atoms with Crippen LogP contribution in [-0.2, 0) is 29.1 Å². The third-order valence-electron chi connectivity index (χ3n) is 11.1. The zero-order valence-corrected chi connectivity index (χ0v) is 30.5. The van der Waals surface area contributed by atoms with Gasteiger partial charge in [-0.1, -0.05) is 57.0 Å². The van der Waals surface area contributed by atoms with Crippen LogP contribution in [0.15, 0.2) is 49.2 Å². The molecule has 3 N–H and O–H groups in total. The first-order valence-electron chi connectivity index (χ1n) is 18.2. The number of fused-ring (bicyclic) bond motifs is 3. The molecule has 5 aliphatic rings. The van der Waals surface area contributed by atoms with Gasteiger partial charge < -0.3 is 25.0 Å². The summed E-state index contributed by atoms with van der Waals surface area (Å²) in [7, 11) is -3.88. The van der Waals surface area contributed by atoms with Gasteiger partial charge in [0.05, 0.1) is 18.4 Å². The van der Waals surface area contributed by atoms with Crippen molar-refractivity contribution in [3.8, 4) is 5.88 Å². The first kappa shape index (κ1) is 35.9. The number of hydrogen-bond acceptors (Lipinski definition) is 9. The Labute approximate surface area is 304 Å². The SMILES string of the molecule is C=C[C@@H]1C[C@]1(NC(=O)[C@@H]1C[C@@H]2CN1C(=O)[C@H](C1CCCC1)NC(=O)OCC(C)(C)C/C=C/c1ccc3ccnc(c3c1)O2)C(=O)NS(=O)(=O)C1CC1. The van der Waals surface area contributed by atoms with Gasteiger partial charge in [0.15, 0.2) is 0 Å². The van der Waals surface area contributed by atoms with Gasteiger partial charge in [-0.3, -0.25) is 19.1 Å². The highest BCUT2D eigenvalue weighted by atomic mass is 32.2. The zero-order chi connectivity index (χ0) is 36.8. The maximum Gasteiger partial charge on any atom is 0.407 e. The predicted octanol–water partition coefficient (Wildman–Crippen LogP) is 3.98. The van der Waals surface area contributed by atoms with Crippen LogP contribution >= 0.6 is 0 Å². The third-order valence-corrected chi connectivity index (χ3v) is 12.9. The molecule has 0 unspecified atom stereocenters. The Kier molecular flexibility index (Phi) is 9.55. The van der Waals surface area contributed by atoms with Crippen LogP contribution in [0.3, 0.4) is 0 Å². The van der Waals surface area contributed by atoms with Gasteiger partial charge in [0.2, 0.25) is 27.7 Å². The van der Waals surface area contributed by atoms with Crippen molar-refractivity contribution in [1.82, 2.24) is 25.2 Å². The van der Waals surface area contributed by atoms with Gasteiger partial charge in [-0.05, 0) is 67.5 Å². The molecule has 1 aromatic carbocycles. The molecule has 13 nitrogen and oxygen atoms in total. The predicted molar refractivity (Wildman–Crippen MR) is 193 cm³/mol. The van der Waals surface area contributed by atoms with E-state index < -0.39 is 74.1 Å². The molecule has 1 saturated heterocycles. The number of ether oxygens (including phenoxy) is 2. The van der Waals surface area contributed by atoms with E-state index in [0.29, 0.717) is 25.1 Å². The van der Waals surface area contributed by atoms with Crippen LogP contribution in [0.4, 0.5) is 4.79 Å². The van der Waals surface area contributed by atoms with Crippen molar-refractivity contribution in [2.75, 3.05) is 13.2 Å². The van der Waals surface area contributed by atoms with Gasteiger partial charge in [-0.25, -0.2) is 18.2 Å². The summed E-state index contributed by atoms with van der Waals surface area (Å²) in [6, 6.07) is 5.79. The Morgan fingerprint density at radius 3 is 2.60 bits per heavy atom. The quantitative estimate of drug-likeness (QED) is 0.356. The van der Waals surface area contributed by atoms with E-state index in [-0.39, 0.29) is 31.9 Å². The van der Waals surface area contributed by atoms with Crippen LogP contribution in [0.25, 0.3) is 16.8 Å². The van der Waals surface area contributed by atoms with E-state index in [0.717, 1.165) is 42.0 Å². The van der Waals surface area contributed by atoms with Gasteiger partial charge in [0.25, 0.3) is 5.91 Å². The Hall–Kier alpha value is -4.46. The molecule has 2 aromatic rings. The smallest absolute Gasteiger partial charge is 0.407 e. The van der Waals surface area contributed by atoms with E-state index in [1.54, 1.807) is 6.20 Å². The van der Waals surface area contributed by atoms with Crippen molar-refractivity contribution in [1.29, 1.82) is 0 Å². The van der Waals surface area contributed by atoms with Gasteiger partial charge in [0, 0.05) is 29.3 Å². The minimum absolute atomic E-state index is 0.0156. The van der Waals surface area contributed by atoms with E-state index in [1.165, 1.54) is 11.0 Å². The summed E-state index contributed by atoms with van der Waals surface area (Å²) in [4.78, 5) is 61.7. The van der Waals surface area contributed by atoms with Crippen molar-refractivity contribution >= 4 is 50.7 Å². The van der Waals surface area contributed by atoms with E-state index in [9.17, 15) is 27.6 Å². The molecule has 2 aliphatic heterocycles. The summed E-state index contributed by atoms with van der Waals surface area (Å²) in [6.07, 6.45) is 10.9. The molecular formula is C38H47N5O8S. The first-order valence-corrected chi connectivity index (χ1v) is 19.8. The van der Waals surface area contributed by atoms with Crippen molar-refractivity contribution in [2.24, 2.45) is 17.3 Å². The molecule has 4 bridgehead atoms. The molecule has 3 aliphatic carbocycles. The highest BCUT2D eigenvalue weighted by Crippen LogP contribution is 2.45. The van der Waals surface area contributed by atoms with Crippen molar-refractivity contribution in [2.45, 2.75) is 101 Å². The number of nitrogens with one attached hydrogen (secondary N) is 3. The summed E-state index contributed by atoms with van der Waals surface area (Å²) in [5.41, 5.74) is -0.993. The summed E-state index contributed by atoms with van der Waals surface area (Å²) in [5.74, 6) is -2.20. The molecule has 52 heavy (non-hydrogen) atoms. The molecule has 5 atom stereocenters. The summed E-state index contributed by atoms with van der Waals surface area (Å²) >= 11 is 0. The van der Waals surface area contributed by atoms with Crippen molar-refractivity contribution in [3.63, 3.8) is 0 Å². The number of allylic oxidation sites excluding steroid dienone is 1. The number of benzene rings is 1. The van der Waals surface area contributed by atoms with Crippen molar-refractivity contribution in [3.05, 3.63) is 54.8 Å². The van der Waals surface area contributed by atoms with E-state index in [1.807, 2.05) is 50.3 Å². The lowest BCUT2D eigenvalue weighted by atomic mass is 9.90. The monoisotopic (exact) mass is 733 g/mol. The average molecular weight is 734 g/mol. The number of carbonyl (C=O) groups excluding carboxylic acids is 4. The fraction of sp³-hybridized carbons (Fsp3) is 0.553. The Bertz CT molecular complexity index is 1920. The lowest BCUT2D eigenvalue weighted by molar-refractivity contribution is -0.142. The van der Waals surface area contributed by atoms with Gasteiger partial charge in [-0.15, -0.1) is 6.58 Å². The molecule has 4 fully saturated rings. The van der Waals surface area contributed by atoms with Crippen LogP contribution in [0, 0.1) is 17.3 Å². The molecule has 0 spiro atoms. The van der Waals surface area contributed by atoms with Crippen molar-refractivity contribution < 1.29 is 37.1 Å². The second kappa shape index (κ2) is 13.8. The van der Waals surface area contributed by atoms with Crippen LogP contribution in [0.5, 0.6) is 5.88 Å². The molecule has 7 rings (SSSR count). The number of aromatic nitrogens is 1. The molecule has 3 saturated carbocycles. The minimum Gasteiger partial charge on any atom is -0.472 e. The number of hydrogen-bond donors (Lipinski definition) is 3. The first-order chi connectivity index (χ1) is 24.8. The van der Waals surface area contributed by atoms with Gasteiger partial charge in [-0.2, -0.15) is 0 Å². The highest BCUT2D eigenvalue weighted by Gasteiger charge is 2.62. The number of alkyl carbamates (subject to hydrolysis) is 1. The van der Waals surface area contributed by atoms with Crippen LogP contribution in [0.2, 0.25) is 0 Å². The lowest BCUT2D eigenvalue weighted by Crippen LogP contribution is -2.59. The number of carbonyl (C=O) groups is 4. The Balaban J connectivity index is 1.22. The Morgan fingerprint density at radius 2 is 1.88 bits per heavy atom. The van der Waals surface area contributed by atoms with E-state index >= 15 is 0 Å². The lowest BCUT2D eigenvalue weighted by Gasteiger charge is -2.32. The average Bonchev–Trinajstić information content (AvgIpc) is 3.98. The van der Waals surface area contributed by atoms with Gasteiger partial charge >= 0.3 is 6.09 Å². The Morgan fingerprint density at radius 1 is 1.12 bits per heavy atom. The molecule has 0 radical (unpaired) electrons. The van der Waals surface area contributed by atoms with Crippen LogP contribution < -0.4 is 20.1 Å². The molecule has 278 valence electrons. The number of rotatable bonds is 7. The highest BCUT2D eigenvalue weighted by molar-refractivity contribution is 7.91. The molecular weight excluding hydrogens is 687 g/mol. The van der Waals surface area contributed by atoms with Crippen LogP contribution in [0.1, 0.15) is 77.2 Å².